The average Bonchev–Trinajstić information content (AvgIpc) is 3.78. The highest BCUT2D eigenvalue weighted by Gasteiger charge is 2.20. The largest absolute Gasteiger partial charge is 0.456 e. The summed E-state index contributed by atoms with van der Waals surface area (Å²) in [6.07, 6.45) is 0. The summed E-state index contributed by atoms with van der Waals surface area (Å²) in [4.78, 5) is 10.2. The third-order valence-corrected chi connectivity index (χ3v) is 9.97. The van der Waals surface area contributed by atoms with E-state index in [1.54, 1.807) is 0 Å². The number of nitrogens with two attached hydrogens (primary N) is 1. The number of benzene rings is 8. The molecule has 0 fully saturated rings. The van der Waals surface area contributed by atoms with Crippen molar-refractivity contribution < 1.29 is 8.83 Å². The first kappa shape index (κ1) is 29.9. The molecule has 0 unspecified atom stereocenters. The van der Waals surface area contributed by atoms with Crippen LogP contribution in [0.1, 0.15) is 16.7 Å². The van der Waals surface area contributed by atoms with Crippen molar-refractivity contribution in [2.75, 3.05) is 0 Å². The number of hydrogen-bond acceptors (Lipinski definition) is 3. The van der Waals surface area contributed by atoms with Gasteiger partial charge in [-0.1, -0.05) is 133 Å². The topological polar surface area (TPSA) is 77.0 Å². The normalized spacial score (nSPS) is 12.6. The lowest BCUT2D eigenvalue weighted by Crippen LogP contribution is -2.17. The fourth-order valence-corrected chi connectivity index (χ4v) is 7.57. The van der Waals surface area contributed by atoms with Crippen LogP contribution in [0.25, 0.3) is 76.5 Å². The standard InChI is InChI=1S/C47H31N3O2/c48-46(50-47(49-28-29-11-2-1-3-12-29)32-25-26-34-31(27-32)24-23-30-13-4-5-14-33(30)34)38-18-10-22-42-45(38)44-36(17-9-21-41(44)52-42)35-16-8-20-40-43(35)37-15-6-7-19-39(37)51-40/h1-27H,28H2,(H2,48,49,50). The number of fused-ring (bicyclic) bond motifs is 9. The molecule has 0 amide bonds. The van der Waals surface area contributed by atoms with Crippen LogP contribution in [-0.2, 0) is 6.54 Å². The summed E-state index contributed by atoms with van der Waals surface area (Å²) in [6, 6.07) is 55.9. The van der Waals surface area contributed by atoms with Gasteiger partial charge < -0.3 is 14.6 Å². The first-order valence-corrected chi connectivity index (χ1v) is 17.4. The van der Waals surface area contributed by atoms with Crippen molar-refractivity contribution in [1.29, 1.82) is 0 Å². The second-order valence-electron chi connectivity index (χ2n) is 13.1. The molecule has 52 heavy (non-hydrogen) atoms. The van der Waals surface area contributed by atoms with Crippen LogP contribution in [0.3, 0.4) is 0 Å². The lowest BCUT2D eigenvalue weighted by molar-refractivity contribution is 0.668. The molecule has 0 saturated heterocycles. The Labute approximate surface area is 299 Å². The highest BCUT2D eigenvalue weighted by atomic mass is 16.3. The maximum absolute atomic E-state index is 7.06. The molecule has 10 rings (SSSR count). The summed E-state index contributed by atoms with van der Waals surface area (Å²) in [7, 11) is 0. The highest BCUT2D eigenvalue weighted by Crippen LogP contribution is 2.43. The van der Waals surface area contributed by atoms with Crippen molar-refractivity contribution in [1.82, 2.24) is 0 Å². The molecule has 246 valence electrons. The number of amidine groups is 2. The molecule has 0 atom stereocenters. The van der Waals surface area contributed by atoms with Crippen molar-refractivity contribution >= 4 is 77.1 Å². The molecular weight excluding hydrogens is 639 g/mol. The summed E-state index contributed by atoms with van der Waals surface area (Å²) in [6.45, 7) is 0.467. The van der Waals surface area contributed by atoms with Crippen LogP contribution in [0.15, 0.2) is 183 Å². The smallest absolute Gasteiger partial charge is 0.157 e. The van der Waals surface area contributed by atoms with E-state index in [0.29, 0.717) is 18.2 Å². The molecule has 0 spiro atoms. The second-order valence-corrected chi connectivity index (χ2v) is 13.1. The first-order chi connectivity index (χ1) is 25.7. The number of aliphatic imine (C=N–C) groups is 2. The fourth-order valence-electron chi connectivity index (χ4n) is 7.57. The Balaban J connectivity index is 1.16. The third-order valence-electron chi connectivity index (χ3n) is 9.97. The van der Waals surface area contributed by atoms with E-state index in [4.69, 9.17) is 24.6 Å². The first-order valence-electron chi connectivity index (χ1n) is 17.4. The third kappa shape index (κ3) is 4.94. The second kappa shape index (κ2) is 12.1. The van der Waals surface area contributed by atoms with Crippen molar-refractivity contribution in [3.8, 4) is 11.1 Å². The summed E-state index contributed by atoms with van der Waals surface area (Å²) in [5, 5.41) is 8.75. The Morgan fingerprint density at radius 3 is 1.94 bits per heavy atom. The van der Waals surface area contributed by atoms with Crippen LogP contribution in [0, 0.1) is 0 Å². The Hall–Kier alpha value is -6.98. The minimum Gasteiger partial charge on any atom is -0.456 e. The van der Waals surface area contributed by atoms with Crippen LogP contribution in [0.2, 0.25) is 0 Å². The molecule has 2 N–H and O–H groups in total. The summed E-state index contributed by atoms with van der Waals surface area (Å²) in [5.41, 5.74) is 15.1. The summed E-state index contributed by atoms with van der Waals surface area (Å²) in [5.74, 6) is 0.927. The molecule has 5 heteroatoms. The minimum absolute atomic E-state index is 0.362. The van der Waals surface area contributed by atoms with E-state index in [-0.39, 0.29) is 0 Å². The van der Waals surface area contributed by atoms with Gasteiger partial charge in [-0.3, -0.25) is 4.99 Å². The molecule has 10 aromatic rings. The number of rotatable bonds is 5. The van der Waals surface area contributed by atoms with Crippen molar-refractivity contribution in [3.63, 3.8) is 0 Å². The molecule has 0 aliphatic carbocycles. The number of hydrogen-bond donors (Lipinski definition) is 1. The van der Waals surface area contributed by atoms with Gasteiger partial charge in [0.2, 0.25) is 0 Å². The van der Waals surface area contributed by atoms with E-state index in [2.05, 4.69) is 84.9 Å². The Kier molecular flexibility index (Phi) is 6.96. The van der Waals surface area contributed by atoms with E-state index in [0.717, 1.165) is 77.1 Å². The Morgan fingerprint density at radius 2 is 1.10 bits per heavy atom. The Bertz CT molecular complexity index is 3060. The van der Waals surface area contributed by atoms with Gasteiger partial charge in [0, 0.05) is 32.7 Å². The quantitative estimate of drug-likeness (QED) is 0.113. The summed E-state index contributed by atoms with van der Waals surface area (Å²) >= 11 is 0. The molecule has 2 heterocycles. The van der Waals surface area contributed by atoms with Crippen LogP contribution < -0.4 is 5.73 Å². The van der Waals surface area contributed by atoms with Gasteiger partial charge in [0.25, 0.3) is 0 Å². The zero-order valence-electron chi connectivity index (χ0n) is 28.1. The van der Waals surface area contributed by atoms with Crippen LogP contribution in [0.4, 0.5) is 0 Å². The van der Waals surface area contributed by atoms with Gasteiger partial charge >= 0.3 is 0 Å². The lowest BCUT2D eigenvalue weighted by atomic mass is 9.94. The van der Waals surface area contributed by atoms with Gasteiger partial charge in [-0.15, -0.1) is 0 Å². The van der Waals surface area contributed by atoms with E-state index in [1.165, 1.54) is 16.2 Å². The van der Waals surface area contributed by atoms with Crippen LogP contribution in [-0.4, -0.2) is 11.7 Å². The molecule has 0 radical (unpaired) electrons. The summed E-state index contributed by atoms with van der Waals surface area (Å²) < 4.78 is 12.8. The maximum Gasteiger partial charge on any atom is 0.157 e. The van der Waals surface area contributed by atoms with Gasteiger partial charge in [-0.2, -0.15) is 0 Å². The van der Waals surface area contributed by atoms with E-state index >= 15 is 0 Å². The van der Waals surface area contributed by atoms with E-state index in [1.807, 2.05) is 78.9 Å². The number of nitrogens with zero attached hydrogens (tertiary/aromatic N) is 2. The monoisotopic (exact) mass is 669 g/mol. The number of para-hydroxylation sites is 1. The lowest BCUT2D eigenvalue weighted by Gasteiger charge is -2.10. The predicted molar refractivity (Wildman–Crippen MR) is 215 cm³/mol. The van der Waals surface area contributed by atoms with Crippen LogP contribution >= 0.6 is 0 Å². The van der Waals surface area contributed by atoms with Crippen molar-refractivity contribution in [2.24, 2.45) is 15.7 Å². The minimum atomic E-state index is 0.362. The van der Waals surface area contributed by atoms with Gasteiger partial charge in [0.1, 0.15) is 28.2 Å². The van der Waals surface area contributed by atoms with Crippen molar-refractivity contribution in [3.05, 3.63) is 180 Å². The van der Waals surface area contributed by atoms with Gasteiger partial charge in [0.05, 0.1) is 6.54 Å². The number of furan rings is 2. The highest BCUT2D eigenvalue weighted by molar-refractivity contribution is 6.25. The zero-order valence-corrected chi connectivity index (χ0v) is 28.1. The van der Waals surface area contributed by atoms with Gasteiger partial charge in [-0.05, 0) is 68.6 Å². The molecular formula is C47H31N3O2. The SMILES string of the molecule is N/C(=N\C(=N/Cc1ccccc1)c1ccc2c(ccc3ccccc32)c1)c1cccc2oc3cccc(-c4cccc5oc6ccccc6c45)c3c12. The maximum atomic E-state index is 7.06. The van der Waals surface area contributed by atoms with E-state index < -0.39 is 0 Å². The van der Waals surface area contributed by atoms with E-state index in [9.17, 15) is 0 Å². The molecule has 2 aromatic heterocycles. The van der Waals surface area contributed by atoms with Crippen LogP contribution in [0.5, 0.6) is 0 Å². The molecule has 0 aliphatic heterocycles. The van der Waals surface area contributed by atoms with Gasteiger partial charge in [0.15, 0.2) is 5.84 Å². The van der Waals surface area contributed by atoms with Crippen molar-refractivity contribution in [2.45, 2.75) is 6.54 Å². The molecule has 8 aromatic carbocycles. The molecule has 5 nitrogen and oxygen atoms in total. The molecule has 0 saturated carbocycles. The zero-order chi connectivity index (χ0) is 34.6. The van der Waals surface area contributed by atoms with Gasteiger partial charge in [-0.25, -0.2) is 4.99 Å². The predicted octanol–water partition coefficient (Wildman–Crippen LogP) is 11.8. The Morgan fingerprint density at radius 1 is 0.481 bits per heavy atom. The average molecular weight is 670 g/mol. The fraction of sp³-hybridized carbons (Fsp3) is 0.0213. The molecule has 0 aliphatic rings. The molecule has 0 bridgehead atoms.